The number of imide groups is 1. The molecule has 4 nitrogen and oxygen atoms in total. The Balaban J connectivity index is 1.13. The normalized spacial score (nSPS) is 15.6. The van der Waals surface area contributed by atoms with Crippen LogP contribution in [-0.2, 0) is 10.8 Å². The molecule has 0 unspecified atom stereocenters. The molecule has 9 aromatic carbocycles. The lowest BCUT2D eigenvalue weighted by molar-refractivity contribution is 0.0530. The van der Waals surface area contributed by atoms with E-state index < -0.39 is 0 Å². The van der Waals surface area contributed by atoms with Crippen molar-refractivity contribution in [3.8, 4) is 22.3 Å². The van der Waals surface area contributed by atoms with Gasteiger partial charge in [-0.1, -0.05) is 133 Å². The summed E-state index contributed by atoms with van der Waals surface area (Å²) in [5.74, 6) is -0.385. The number of amides is 2. The molecule has 9 aromatic rings. The van der Waals surface area contributed by atoms with Crippen molar-refractivity contribution in [2.45, 2.75) is 71.3 Å². The van der Waals surface area contributed by atoms with E-state index >= 15 is 0 Å². The van der Waals surface area contributed by atoms with E-state index in [2.05, 4.69) is 160 Å². The standard InChI is InChI=1S/C57H46N2O2/c1-7-33(8-2)59-54(60)44-26-24-42-41-17-13-14-32-28-36(29-46(51(32)41)43-25-27-45(55(59)61)53(44)52(42)43)58(34-20-22-39-37-15-9-11-18-47(37)56(3,4)49(39)30-34)35-21-23-40-38-16-10-12-19-48(38)57(5,6)50(40)31-35/h9-31,33H,7-8H2,1-6H3. The maximum Gasteiger partial charge on any atom is 0.261 e. The highest BCUT2D eigenvalue weighted by atomic mass is 16.2. The SMILES string of the molecule is CCC(CC)N1C(=O)c2ccc3c4cccc5cc(N(c6ccc7c(c6)C(C)(C)c6ccccc6-7)c6ccc7c(c6)C(C)(C)c6ccccc6-7)cc(c6ccc(c2c36)C1=O)c54. The summed E-state index contributed by atoms with van der Waals surface area (Å²) in [6.07, 6.45) is 1.45. The molecule has 0 N–H and O–H groups in total. The van der Waals surface area contributed by atoms with Gasteiger partial charge in [0.1, 0.15) is 0 Å². The zero-order chi connectivity index (χ0) is 41.7. The van der Waals surface area contributed by atoms with Crippen LogP contribution in [0.3, 0.4) is 0 Å². The zero-order valence-corrected chi connectivity index (χ0v) is 35.5. The molecule has 0 saturated heterocycles. The minimum atomic E-state index is -0.192. The molecule has 0 radical (unpaired) electrons. The van der Waals surface area contributed by atoms with Gasteiger partial charge in [-0.25, -0.2) is 0 Å². The van der Waals surface area contributed by atoms with Crippen molar-refractivity contribution in [2.75, 3.05) is 4.90 Å². The van der Waals surface area contributed by atoms with E-state index in [1.807, 2.05) is 26.0 Å². The number of carbonyl (C=O) groups excluding carboxylic acids is 2. The first kappa shape index (κ1) is 36.1. The monoisotopic (exact) mass is 790 g/mol. The molecule has 0 aromatic heterocycles. The van der Waals surface area contributed by atoms with Crippen LogP contribution in [0.15, 0.2) is 140 Å². The second-order valence-electron chi connectivity index (χ2n) is 18.6. The van der Waals surface area contributed by atoms with Crippen LogP contribution in [0.1, 0.15) is 97.4 Å². The van der Waals surface area contributed by atoms with Gasteiger partial charge in [0.25, 0.3) is 11.8 Å². The van der Waals surface area contributed by atoms with Crippen molar-refractivity contribution in [1.29, 1.82) is 0 Å². The molecule has 0 atom stereocenters. The third kappa shape index (κ3) is 4.65. The number of benzene rings is 9. The van der Waals surface area contributed by atoms with Crippen LogP contribution in [0.5, 0.6) is 0 Å². The van der Waals surface area contributed by atoms with Gasteiger partial charge < -0.3 is 4.90 Å². The van der Waals surface area contributed by atoms with Gasteiger partial charge in [-0.2, -0.15) is 0 Å². The molecule has 3 aliphatic rings. The molecule has 61 heavy (non-hydrogen) atoms. The molecular weight excluding hydrogens is 745 g/mol. The first-order valence-electron chi connectivity index (χ1n) is 21.9. The maximum absolute atomic E-state index is 14.3. The Hall–Kier alpha value is -6.78. The van der Waals surface area contributed by atoms with E-state index in [9.17, 15) is 9.59 Å². The smallest absolute Gasteiger partial charge is 0.261 e. The van der Waals surface area contributed by atoms with Gasteiger partial charge in [-0.05, 0) is 144 Å². The number of anilines is 3. The molecule has 0 spiro atoms. The van der Waals surface area contributed by atoms with E-state index in [0.29, 0.717) is 11.1 Å². The van der Waals surface area contributed by atoms with Gasteiger partial charge in [0.15, 0.2) is 0 Å². The van der Waals surface area contributed by atoms with Gasteiger partial charge in [-0.3, -0.25) is 14.5 Å². The second-order valence-corrected chi connectivity index (χ2v) is 18.6. The summed E-state index contributed by atoms with van der Waals surface area (Å²) in [6, 6.07) is 51.0. The van der Waals surface area contributed by atoms with Crippen molar-refractivity contribution in [1.82, 2.24) is 4.90 Å². The summed E-state index contributed by atoms with van der Waals surface area (Å²) >= 11 is 0. The van der Waals surface area contributed by atoms with Crippen molar-refractivity contribution in [2.24, 2.45) is 0 Å². The number of fused-ring (bicyclic) bond motifs is 8. The third-order valence-corrected chi connectivity index (χ3v) is 14.8. The number of hydrogen-bond acceptors (Lipinski definition) is 3. The summed E-state index contributed by atoms with van der Waals surface area (Å²) in [5, 5.41) is 8.43. The molecule has 0 bridgehead atoms. The first-order valence-corrected chi connectivity index (χ1v) is 21.9. The summed E-state index contributed by atoms with van der Waals surface area (Å²) < 4.78 is 0. The van der Waals surface area contributed by atoms with Crippen LogP contribution in [0.4, 0.5) is 17.1 Å². The van der Waals surface area contributed by atoms with Gasteiger partial charge in [0, 0.05) is 50.4 Å². The largest absolute Gasteiger partial charge is 0.310 e. The van der Waals surface area contributed by atoms with Gasteiger partial charge in [-0.15, -0.1) is 0 Å². The minimum Gasteiger partial charge on any atom is -0.310 e. The molecule has 12 rings (SSSR count). The van der Waals surface area contributed by atoms with Crippen molar-refractivity contribution >= 4 is 72.0 Å². The predicted molar refractivity (Wildman–Crippen MR) is 252 cm³/mol. The number of carbonyl (C=O) groups is 2. The Bertz CT molecular complexity index is 3270. The third-order valence-electron chi connectivity index (χ3n) is 14.8. The Morgan fingerprint density at radius 1 is 0.443 bits per heavy atom. The lowest BCUT2D eigenvalue weighted by Gasteiger charge is -2.33. The van der Waals surface area contributed by atoms with Crippen LogP contribution in [0.25, 0.3) is 65.3 Å². The van der Waals surface area contributed by atoms with Gasteiger partial charge >= 0.3 is 0 Å². The molecule has 2 amide bonds. The van der Waals surface area contributed by atoms with E-state index in [-0.39, 0.29) is 28.7 Å². The van der Waals surface area contributed by atoms with Crippen LogP contribution < -0.4 is 4.90 Å². The van der Waals surface area contributed by atoms with Gasteiger partial charge in [0.2, 0.25) is 0 Å². The van der Waals surface area contributed by atoms with E-state index in [1.165, 1.54) is 54.8 Å². The lowest BCUT2D eigenvalue weighted by Crippen LogP contribution is -2.46. The fourth-order valence-electron chi connectivity index (χ4n) is 11.7. The summed E-state index contributed by atoms with van der Waals surface area (Å²) in [7, 11) is 0. The molecule has 0 saturated carbocycles. The van der Waals surface area contributed by atoms with Crippen LogP contribution in [0, 0.1) is 0 Å². The highest BCUT2D eigenvalue weighted by Crippen LogP contribution is 2.54. The Morgan fingerprint density at radius 2 is 0.934 bits per heavy atom. The summed E-state index contributed by atoms with van der Waals surface area (Å²) in [4.78, 5) is 32.5. The molecule has 0 fully saturated rings. The predicted octanol–water partition coefficient (Wildman–Crippen LogP) is 14.6. The van der Waals surface area contributed by atoms with Crippen molar-refractivity contribution in [3.63, 3.8) is 0 Å². The zero-order valence-electron chi connectivity index (χ0n) is 35.5. The number of hydrogen-bond donors (Lipinski definition) is 0. The van der Waals surface area contributed by atoms with E-state index in [4.69, 9.17) is 0 Å². The van der Waals surface area contributed by atoms with Crippen LogP contribution in [0.2, 0.25) is 0 Å². The van der Waals surface area contributed by atoms with Crippen LogP contribution in [-0.4, -0.2) is 22.8 Å². The highest BCUT2D eigenvalue weighted by Gasteiger charge is 2.39. The van der Waals surface area contributed by atoms with Crippen molar-refractivity contribution in [3.05, 3.63) is 173 Å². The molecule has 2 aliphatic carbocycles. The second kappa shape index (κ2) is 12.4. The molecule has 1 heterocycles. The number of nitrogens with zero attached hydrogens (tertiary/aromatic N) is 2. The van der Waals surface area contributed by atoms with Gasteiger partial charge in [0.05, 0.1) is 0 Å². The minimum absolute atomic E-state index is 0.142. The lowest BCUT2D eigenvalue weighted by atomic mass is 9.82. The fourth-order valence-corrected chi connectivity index (χ4v) is 11.7. The van der Waals surface area contributed by atoms with E-state index in [1.54, 1.807) is 0 Å². The quantitative estimate of drug-likeness (QED) is 0.0957. The summed E-state index contributed by atoms with van der Waals surface area (Å²) in [5.41, 5.74) is 14.7. The first-order chi connectivity index (χ1) is 29.5. The number of rotatable bonds is 6. The topological polar surface area (TPSA) is 40.6 Å². The Labute approximate surface area is 356 Å². The fraction of sp³-hybridized carbons (Fsp3) is 0.193. The molecule has 1 aliphatic heterocycles. The summed E-state index contributed by atoms with van der Waals surface area (Å²) in [6.45, 7) is 13.5. The van der Waals surface area contributed by atoms with E-state index in [0.717, 1.165) is 67.6 Å². The molecular formula is C57H46N2O2. The molecule has 4 heteroatoms. The Kier molecular flexibility index (Phi) is 7.33. The van der Waals surface area contributed by atoms with Crippen LogP contribution >= 0.6 is 0 Å². The average molecular weight is 791 g/mol. The molecule has 296 valence electrons. The maximum atomic E-state index is 14.3. The van der Waals surface area contributed by atoms with Crippen molar-refractivity contribution < 1.29 is 9.59 Å². The average Bonchev–Trinajstić information content (AvgIpc) is 3.65. The highest BCUT2D eigenvalue weighted by molar-refractivity contribution is 6.38. The Morgan fingerprint density at radius 3 is 1.49 bits per heavy atom.